The Hall–Kier alpha value is -2.15. The minimum atomic E-state index is -0.513. The standard InChI is InChI=1S/C16H21N3O4/c1-18(13-8-11-4-5-12(9-13)17-11)16(20)10-3-6-14(19(21)22)15(7-10)23-2/h3,6-7,11-13,17H,4-5,8-9H2,1-2H3. The quantitative estimate of drug-likeness (QED) is 0.677. The number of nitrogens with zero attached hydrogens (tertiary/aromatic N) is 2. The van der Waals surface area contributed by atoms with Crippen molar-refractivity contribution in [1.29, 1.82) is 0 Å². The molecule has 7 heteroatoms. The van der Waals surface area contributed by atoms with Crippen LogP contribution < -0.4 is 10.1 Å². The van der Waals surface area contributed by atoms with Crippen LogP contribution in [0.2, 0.25) is 0 Å². The molecule has 1 aromatic carbocycles. The van der Waals surface area contributed by atoms with E-state index in [1.807, 2.05) is 7.05 Å². The lowest BCUT2D eigenvalue weighted by molar-refractivity contribution is -0.385. The summed E-state index contributed by atoms with van der Waals surface area (Å²) in [5.41, 5.74) is 0.285. The van der Waals surface area contributed by atoms with E-state index in [0.717, 1.165) is 12.8 Å². The van der Waals surface area contributed by atoms with E-state index < -0.39 is 4.92 Å². The molecule has 2 unspecified atom stereocenters. The number of nitrogens with one attached hydrogen (secondary N) is 1. The van der Waals surface area contributed by atoms with Crippen molar-refractivity contribution in [3.63, 3.8) is 0 Å². The molecule has 2 heterocycles. The maximum absolute atomic E-state index is 12.7. The smallest absolute Gasteiger partial charge is 0.310 e. The molecule has 0 aliphatic carbocycles. The van der Waals surface area contributed by atoms with Crippen molar-refractivity contribution in [3.05, 3.63) is 33.9 Å². The van der Waals surface area contributed by atoms with Crippen molar-refractivity contribution in [2.24, 2.45) is 0 Å². The molecule has 0 radical (unpaired) electrons. The van der Waals surface area contributed by atoms with E-state index in [2.05, 4.69) is 5.32 Å². The molecule has 2 atom stereocenters. The van der Waals surface area contributed by atoms with Crippen molar-refractivity contribution >= 4 is 11.6 Å². The van der Waals surface area contributed by atoms with E-state index in [1.54, 1.807) is 4.90 Å². The van der Waals surface area contributed by atoms with E-state index in [0.29, 0.717) is 17.6 Å². The predicted octanol–water partition coefficient (Wildman–Crippen LogP) is 1.96. The summed E-state index contributed by atoms with van der Waals surface area (Å²) in [6.07, 6.45) is 4.27. The number of nitro benzene ring substituents is 1. The van der Waals surface area contributed by atoms with Crippen LogP contribution in [0, 0.1) is 10.1 Å². The Morgan fingerprint density at radius 3 is 2.57 bits per heavy atom. The zero-order chi connectivity index (χ0) is 16.6. The second-order valence-electron chi connectivity index (χ2n) is 6.32. The summed E-state index contributed by atoms with van der Waals surface area (Å²) in [4.78, 5) is 24.9. The van der Waals surface area contributed by atoms with Crippen LogP contribution in [-0.4, -0.2) is 48.0 Å². The first-order chi connectivity index (χ1) is 11.0. The third-order valence-electron chi connectivity index (χ3n) is 4.94. The lowest BCUT2D eigenvalue weighted by Crippen LogP contribution is -2.48. The maximum Gasteiger partial charge on any atom is 0.310 e. The van der Waals surface area contributed by atoms with Gasteiger partial charge in [0.05, 0.1) is 12.0 Å². The van der Waals surface area contributed by atoms with E-state index in [-0.39, 0.29) is 23.4 Å². The van der Waals surface area contributed by atoms with Gasteiger partial charge in [-0.3, -0.25) is 14.9 Å². The van der Waals surface area contributed by atoms with Crippen LogP contribution in [0.3, 0.4) is 0 Å². The number of carbonyl (C=O) groups is 1. The van der Waals surface area contributed by atoms with Gasteiger partial charge in [-0.25, -0.2) is 0 Å². The van der Waals surface area contributed by atoms with Crippen LogP contribution >= 0.6 is 0 Å². The third-order valence-corrected chi connectivity index (χ3v) is 4.94. The molecular weight excluding hydrogens is 298 g/mol. The predicted molar refractivity (Wildman–Crippen MR) is 84.7 cm³/mol. The van der Waals surface area contributed by atoms with Crippen molar-refractivity contribution in [2.45, 2.75) is 43.8 Å². The van der Waals surface area contributed by atoms with Gasteiger partial charge in [0, 0.05) is 42.9 Å². The molecule has 23 heavy (non-hydrogen) atoms. The van der Waals surface area contributed by atoms with Crippen LogP contribution in [0.1, 0.15) is 36.0 Å². The van der Waals surface area contributed by atoms with Crippen LogP contribution in [-0.2, 0) is 0 Å². The molecule has 0 spiro atoms. The van der Waals surface area contributed by atoms with E-state index in [4.69, 9.17) is 4.74 Å². The Morgan fingerprint density at radius 1 is 1.35 bits per heavy atom. The molecule has 2 fully saturated rings. The average Bonchev–Trinajstić information content (AvgIpc) is 2.90. The van der Waals surface area contributed by atoms with E-state index in [1.165, 1.54) is 38.2 Å². The first kappa shape index (κ1) is 15.7. The number of methoxy groups -OCH3 is 1. The van der Waals surface area contributed by atoms with Crippen molar-refractivity contribution in [2.75, 3.05) is 14.2 Å². The van der Waals surface area contributed by atoms with Gasteiger partial charge < -0.3 is 15.0 Å². The lowest BCUT2D eigenvalue weighted by atomic mass is 9.98. The highest BCUT2D eigenvalue weighted by Crippen LogP contribution is 2.31. The Balaban J connectivity index is 1.78. The first-order valence-electron chi connectivity index (χ1n) is 7.85. The number of hydrogen-bond acceptors (Lipinski definition) is 5. The SMILES string of the molecule is COc1cc(C(=O)N(C)C2CC3CCC(C2)N3)ccc1[N+](=O)[O-]. The van der Waals surface area contributed by atoms with Crippen LogP contribution in [0.25, 0.3) is 0 Å². The number of benzene rings is 1. The number of carbonyl (C=O) groups excluding carboxylic acids is 1. The average molecular weight is 319 g/mol. The lowest BCUT2D eigenvalue weighted by Gasteiger charge is -2.35. The van der Waals surface area contributed by atoms with Crippen LogP contribution in [0.4, 0.5) is 5.69 Å². The largest absolute Gasteiger partial charge is 0.490 e. The number of nitro groups is 1. The van der Waals surface area contributed by atoms with Gasteiger partial charge in [-0.05, 0) is 31.7 Å². The highest BCUT2D eigenvalue weighted by molar-refractivity contribution is 5.95. The van der Waals surface area contributed by atoms with Crippen molar-refractivity contribution in [3.8, 4) is 5.75 Å². The van der Waals surface area contributed by atoms with Gasteiger partial charge in [0.1, 0.15) is 0 Å². The molecule has 2 aliphatic heterocycles. The molecule has 1 amide bonds. The molecule has 1 aromatic rings. The Bertz CT molecular complexity index is 622. The molecule has 1 N–H and O–H groups in total. The molecule has 0 saturated carbocycles. The molecule has 2 aliphatic rings. The molecule has 0 aromatic heterocycles. The Morgan fingerprint density at radius 2 is 2.00 bits per heavy atom. The van der Waals surface area contributed by atoms with Gasteiger partial charge in [-0.1, -0.05) is 0 Å². The minimum absolute atomic E-state index is 0.111. The summed E-state index contributed by atoms with van der Waals surface area (Å²) in [5, 5.41) is 14.5. The summed E-state index contributed by atoms with van der Waals surface area (Å²) < 4.78 is 5.04. The molecule has 2 saturated heterocycles. The second kappa shape index (κ2) is 6.16. The van der Waals surface area contributed by atoms with Crippen LogP contribution in [0.15, 0.2) is 18.2 Å². The maximum atomic E-state index is 12.7. The van der Waals surface area contributed by atoms with Gasteiger partial charge in [-0.15, -0.1) is 0 Å². The van der Waals surface area contributed by atoms with Gasteiger partial charge in [0.2, 0.25) is 0 Å². The highest BCUT2D eigenvalue weighted by atomic mass is 16.6. The van der Waals surface area contributed by atoms with Crippen LogP contribution in [0.5, 0.6) is 5.75 Å². The molecule has 2 bridgehead atoms. The zero-order valence-corrected chi connectivity index (χ0v) is 13.3. The summed E-state index contributed by atoms with van der Waals surface area (Å²) in [6, 6.07) is 5.48. The van der Waals surface area contributed by atoms with E-state index >= 15 is 0 Å². The summed E-state index contributed by atoms with van der Waals surface area (Å²) in [5.74, 6) is -0.0101. The van der Waals surface area contributed by atoms with Gasteiger partial charge in [-0.2, -0.15) is 0 Å². The normalized spacial score (nSPS) is 25.9. The summed E-state index contributed by atoms with van der Waals surface area (Å²) in [6.45, 7) is 0. The molecule has 124 valence electrons. The fraction of sp³-hybridized carbons (Fsp3) is 0.562. The minimum Gasteiger partial charge on any atom is -0.490 e. The summed E-state index contributed by atoms with van der Waals surface area (Å²) >= 11 is 0. The fourth-order valence-electron chi connectivity index (χ4n) is 3.67. The van der Waals surface area contributed by atoms with Gasteiger partial charge in [0.25, 0.3) is 5.91 Å². The number of rotatable bonds is 4. The highest BCUT2D eigenvalue weighted by Gasteiger charge is 2.36. The monoisotopic (exact) mass is 319 g/mol. The fourth-order valence-corrected chi connectivity index (χ4v) is 3.67. The number of fused-ring (bicyclic) bond motifs is 2. The van der Waals surface area contributed by atoms with Crippen molar-refractivity contribution < 1.29 is 14.5 Å². The third kappa shape index (κ3) is 3.01. The topological polar surface area (TPSA) is 84.7 Å². The second-order valence-corrected chi connectivity index (χ2v) is 6.32. The number of ether oxygens (including phenoxy) is 1. The first-order valence-corrected chi connectivity index (χ1v) is 7.85. The summed E-state index contributed by atoms with van der Waals surface area (Å²) in [7, 11) is 3.18. The Labute approximate surface area is 134 Å². The number of hydrogen-bond donors (Lipinski definition) is 1. The molecular formula is C16H21N3O4. The molecule has 3 rings (SSSR count). The molecule has 7 nitrogen and oxygen atoms in total. The van der Waals surface area contributed by atoms with E-state index in [9.17, 15) is 14.9 Å². The Kier molecular flexibility index (Phi) is 4.21. The van der Waals surface area contributed by atoms with Gasteiger partial charge >= 0.3 is 5.69 Å². The number of amides is 1. The zero-order valence-electron chi connectivity index (χ0n) is 13.3. The van der Waals surface area contributed by atoms with Crippen molar-refractivity contribution in [1.82, 2.24) is 10.2 Å². The number of piperidine rings is 1. The van der Waals surface area contributed by atoms with Gasteiger partial charge in [0.15, 0.2) is 5.75 Å².